The van der Waals surface area contributed by atoms with Gasteiger partial charge in [0.15, 0.2) is 0 Å². The number of fused-ring (bicyclic) bond motifs is 2. The SMILES string of the molecule is COc1ccc(-c2ccc(C(=O)NCc3cccc(OC4C[C@]5(C)CC[C@](C)(C4)N5C)c3)cc2)cc1. The molecule has 5 rings (SSSR count). The van der Waals surface area contributed by atoms with E-state index in [0.29, 0.717) is 12.1 Å². The molecule has 0 radical (unpaired) electrons. The van der Waals surface area contributed by atoms with E-state index < -0.39 is 0 Å². The van der Waals surface area contributed by atoms with E-state index in [4.69, 9.17) is 9.47 Å². The van der Waals surface area contributed by atoms with Gasteiger partial charge in [-0.05, 0) is 86.8 Å². The first kappa shape index (κ1) is 24.4. The Labute approximate surface area is 214 Å². The quantitative estimate of drug-likeness (QED) is 0.442. The Bertz CT molecular complexity index is 1200. The molecule has 0 aromatic heterocycles. The minimum atomic E-state index is -0.0876. The van der Waals surface area contributed by atoms with Crippen molar-refractivity contribution < 1.29 is 14.3 Å². The van der Waals surface area contributed by atoms with Crippen LogP contribution in [0.2, 0.25) is 0 Å². The second-order valence-corrected chi connectivity index (χ2v) is 10.8. The van der Waals surface area contributed by atoms with Crippen molar-refractivity contribution in [2.45, 2.75) is 63.3 Å². The number of ether oxygens (including phenoxy) is 2. The van der Waals surface area contributed by atoms with Crippen LogP contribution in [0, 0.1) is 0 Å². The van der Waals surface area contributed by atoms with Gasteiger partial charge in [-0.2, -0.15) is 0 Å². The van der Waals surface area contributed by atoms with Crippen LogP contribution in [-0.2, 0) is 6.54 Å². The van der Waals surface area contributed by atoms with Gasteiger partial charge in [0.2, 0.25) is 0 Å². The van der Waals surface area contributed by atoms with Gasteiger partial charge in [0.05, 0.1) is 7.11 Å². The van der Waals surface area contributed by atoms with Crippen LogP contribution in [0.5, 0.6) is 11.5 Å². The zero-order chi connectivity index (χ0) is 25.3. The van der Waals surface area contributed by atoms with Crippen molar-refractivity contribution in [2.75, 3.05) is 14.2 Å². The summed E-state index contributed by atoms with van der Waals surface area (Å²) in [7, 11) is 3.92. The third kappa shape index (κ3) is 4.85. The van der Waals surface area contributed by atoms with Crippen LogP contribution in [0.3, 0.4) is 0 Å². The van der Waals surface area contributed by atoms with Crippen molar-refractivity contribution in [1.29, 1.82) is 0 Å². The van der Waals surface area contributed by atoms with Gasteiger partial charge in [0.1, 0.15) is 17.6 Å². The molecule has 0 aliphatic carbocycles. The maximum Gasteiger partial charge on any atom is 0.251 e. The van der Waals surface area contributed by atoms with Crippen molar-refractivity contribution in [2.24, 2.45) is 0 Å². The fraction of sp³-hybridized carbons (Fsp3) is 0.387. The topological polar surface area (TPSA) is 50.8 Å². The van der Waals surface area contributed by atoms with E-state index in [1.165, 1.54) is 12.8 Å². The molecule has 2 saturated heterocycles. The number of carbonyl (C=O) groups is 1. The number of piperidine rings is 1. The number of hydrogen-bond acceptors (Lipinski definition) is 4. The molecular weight excluding hydrogens is 448 g/mol. The Balaban J connectivity index is 1.18. The van der Waals surface area contributed by atoms with Gasteiger partial charge in [-0.1, -0.05) is 36.4 Å². The molecule has 3 aromatic rings. The van der Waals surface area contributed by atoms with E-state index >= 15 is 0 Å². The van der Waals surface area contributed by atoms with Gasteiger partial charge >= 0.3 is 0 Å². The normalized spacial score (nSPS) is 25.4. The zero-order valence-electron chi connectivity index (χ0n) is 21.7. The predicted octanol–water partition coefficient (Wildman–Crippen LogP) is 6.08. The van der Waals surface area contributed by atoms with E-state index in [1.54, 1.807) is 7.11 Å². The van der Waals surface area contributed by atoms with Crippen LogP contribution < -0.4 is 14.8 Å². The number of benzene rings is 3. The lowest BCUT2D eigenvalue weighted by molar-refractivity contribution is -0.0250. The maximum absolute atomic E-state index is 12.8. The van der Waals surface area contributed by atoms with Crippen LogP contribution in [0.1, 0.15) is 55.5 Å². The van der Waals surface area contributed by atoms with Gasteiger partial charge in [0, 0.05) is 36.0 Å². The van der Waals surface area contributed by atoms with Crippen molar-refractivity contribution >= 4 is 5.91 Å². The number of hydrogen-bond donors (Lipinski definition) is 1. The molecular formula is C31H36N2O3. The summed E-state index contributed by atoms with van der Waals surface area (Å²) in [5.41, 5.74) is 4.24. The molecule has 2 aliphatic heterocycles. The van der Waals surface area contributed by atoms with Gasteiger partial charge in [-0.3, -0.25) is 9.69 Å². The minimum absolute atomic E-state index is 0.0876. The van der Waals surface area contributed by atoms with E-state index in [1.807, 2.05) is 66.7 Å². The zero-order valence-corrected chi connectivity index (χ0v) is 21.7. The molecule has 1 N–H and O–H groups in total. The van der Waals surface area contributed by atoms with Crippen LogP contribution in [0.4, 0.5) is 0 Å². The first-order chi connectivity index (χ1) is 17.3. The lowest BCUT2D eigenvalue weighted by Gasteiger charge is -2.49. The van der Waals surface area contributed by atoms with Gasteiger partial charge in [-0.25, -0.2) is 0 Å². The number of nitrogens with zero attached hydrogens (tertiary/aromatic N) is 1. The first-order valence-corrected chi connectivity index (χ1v) is 12.8. The van der Waals surface area contributed by atoms with Crippen molar-refractivity contribution in [3.8, 4) is 22.6 Å². The molecule has 5 heteroatoms. The standard InChI is InChI=1S/C31H36N2O3/c1-30-16-17-31(2,33(30)3)20-28(19-30)36-27-7-5-6-22(18-27)21-32-29(34)25-10-8-23(9-11-25)24-12-14-26(35-4)15-13-24/h5-15,18,28H,16-17,19-21H2,1-4H3,(H,32,34)/t28?,30-,31+. The van der Waals surface area contributed by atoms with Crippen LogP contribution in [0.15, 0.2) is 72.8 Å². The van der Waals surface area contributed by atoms with E-state index in [9.17, 15) is 4.79 Å². The minimum Gasteiger partial charge on any atom is -0.497 e. The number of methoxy groups -OCH3 is 1. The molecule has 0 spiro atoms. The number of amides is 1. The second kappa shape index (κ2) is 9.62. The van der Waals surface area contributed by atoms with Crippen molar-refractivity contribution in [1.82, 2.24) is 10.2 Å². The van der Waals surface area contributed by atoms with E-state index in [0.717, 1.165) is 41.0 Å². The van der Waals surface area contributed by atoms with Crippen molar-refractivity contribution in [3.05, 3.63) is 83.9 Å². The summed E-state index contributed by atoms with van der Waals surface area (Å²) < 4.78 is 11.7. The molecule has 1 amide bonds. The highest BCUT2D eigenvalue weighted by Crippen LogP contribution is 2.50. The van der Waals surface area contributed by atoms with Gasteiger partial charge < -0.3 is 14.8 Å². The van der Waals surface area contributed by atoms with E-state index in [2.05, 4.69) is 37.2 Å². The second-order valence-electron chi connectivity index (χ2n) is 10.8. The molecule has 0 saturated carbocycles. The third-order valence-electron chi connectivity index (χ3n) is 8.38. The van der Waals surface area contributed by atoms with Crippen LogP contribution in [0.25, 0.3) is 11.1 Å². The summed E-state index contributed by atoms with van der Waals surface area (Å²) in [5, 5.41) is 3.04. The molecule has 2 aliphatic rings. The molecule has 36 heavy (non-hydrogen) atoms. The largest absolute Gasteiger partial charge is 0.497 e. The van der Waals surface area contributed by atoms with Crippen LogP contribution >= 0.6 is 0 Å². The molecule has 3 aromatic carbocycles. The highest BCUT2D eigenvalue weighted by Gasteiger charge is 2.54. The third-order valence-corrected chi connectivity index (χ3v) is 8.38. The Hall–Kier alpha value is -3.31. The van der Waals surface area contributed by atoms with E-state index in [-0.39, 0.29) is 23.1 Å². The highest BCUT2D eigenvalue weighted by atomic mass is 16.5. The molecule has 2 heterocycles. The predicted molar refractivity (Wildman–Crippen MR) is 143 cm³/mol. The molecule has 5 nitrogen and oxygen atoms in total. The summed E-state index contributed by atoms with van der Waals surface area (Å²) in [4.78, 5) is 15.3. The number of nitrogens with one attached hydrogen (secondary N) is 1. The van der Waals surface area contributed by atoms with Crippen LogP contribution in [-0.4, -0.2) is 42.1 Å². The van der Waals surface area contributed by atoms with Crippen molar-refractivity contribution in [3.63, 3.8) is 0 Å². The Morgan fingerprint density at radius 3 is 2.14 bits per heavy atom. The smallest absolute Gasteiger partial charge is 0.251 e. The molecule has 2 bridgehead atoms. The molecule has 188 valence electrons. The summed E-state index contributed by atoms with van der Waals surface area (Å²) in [5.74, 6) is 1.62. The fourth-order valence-electron chi connectivity index (χ4n) is 5.94. The number of carbonyl (C=O) groups excluding carboxylic acids is 1. The Morgan fingerprint density at radius 2 is 1.53 bits per heavy atom. The summed E-state index contributed by atoms with van der Waals surface area (Å²) in [6.07, 6.45) is 4.77. The van der Waals surface area contributed by atoms with Gasteiger partial charge in [-0.15, -0.1) is 0 Å². The summed E-state index contributed by atoms with van der Waals surface area (Å²) >= 11 is 0. The first-order valence-electron chi connectivity index (χ1n) is 12.8. The lowest BCUT2D eigenvalue weighted by Crippen LogP contribution is -2.57. The number of rotatable bonds is 7. The highest BCUT2D eigenvalue weighted by molar-refractivity contribution is 5.94. The monoisotopic (exact) mass is 484 g/mol. The average Bonchev–Trinajstić information content (AvgIpc) is 3.02. The Kier molecular flexibility index (Phi) is 6.52. The van der Waals surface area contributed by atoms with Gasteiger partial charge in [0.25, 0.3) is 5.91 Å². The molecule has 2 fully saturated rings. The Morgan fingerprint density at radius 1 is 0.917 bits per heavy atom. The fourth-order valence-corrected chi connectivity index (χ4v) is 5.94. The molecule has 1 unspecified atom stereocenters. The lowest BCUT2D eigenvalue weighted by atomic mass is 9.84. The molecule has 3 atom stereocenters. The summed E-state index contributed by atoms with van der Waals surface area (Å²) in [6.45, 7) is 5.19. The average molecular weight is 485 g/mol. The summed E-state index contributed by atoms with van der Waals surface area (Å²) in [6, 6.07) is 23.7. The maximum atomic E-state index is 12.8.